The first-order chi connectivity index (χ1) is 8.75. The van der Waals surface area contributed by atoms with E-state index in [2.05, 4.69) is 4.74 Å². The summed E-state index contributed by atoms with van der Waals surface area (Å²) in [5.41, 5.74) is 4.31. The standard InChI is InChI=1S/C12H13F4NO2.ClH/c1-2-19-11(18)6-10(17)8-4-3-7(5-9(8)13)12(14,15)16;/h3-5,10H,2,6,17H2,1H3;1H/t10-;/m0./s1. The molecular weight excluding hydrogens is 302 g/mol. The van der Waals surface area contributed by atoms with Gasteiger partial charge in [-0.3, -0.25) is 4.79 Å². The second kappa shape index (κ2) is 7.44. The van der Waals surface area contributed by atoms with E-state index >= 15 is 0 Å². The summed E-state index contributed by atoms with van der Waals surface area (Å²) >= 11 is 0. The molecule has 0 saturated carbocycles. The third kappa shape index (κ3) is 4.97. The van der Waals surface area contributed by atoms with Crippen molar-refractivity contribution in [2.75, 3.05) is 6.61 Å². The summed E-state index contributed by atoms with van der Waals surface area (Å²) in [6, 6.07) is 0.979. The Morgan fingerprint density at radius 2 is 2.00 bits per heavy atom. The highest BCUT2D eigenvalue weighted by atomic mass is 35.5. The Morgan fingerprint density at radius 1 is 1.40 bits per heavy atom. The lowest BCUT2D eigenvalue weighted by molar-refractivity contribution is -0.143. The molecule has 0 bridgehead atoms. The van der Waals surface area contributed by atoms with Crippen LogP contribution < -0.4 is 5.73 Å². The number of benzene rings is 1. The van der Waals surface area contributed by atoms with Crippen molar-refractivity contribution in [3.8, 4) is 0 Å². The average molecular weight is 316 g/mol. The number of nitrogens with two attached hydrogens (primary N) is 1. The van der Waals surface area contributed by atoms with Crippen molar-refractivity contribution in [2.45, 2.75) is 25.6 Å². The van der Waals surface area contributed by atoms with E-state index in [1.165, 1.54) is 0 Å². The number of carbonyl (C=O) groups excluding carboxylic acids is 1. The van der Waals surface area contributed by atoms with Crippen LogP contribution in [0.25, 0.3) is 0 Å². The molecule has 0 aliphatic heterocycles. The predicted octanol–water partition coefficient (Wildman–Crippen LogP) is 3.22. The number of rotatable bonds is 4. The summed E-state index contributed by atoms with van der Waals surface area (Å²) in [6.07, 6.45) is -4.92. The summed E-state index contributed by atoms with van der Waals surface area (Å²) in [5, 5.41) is 0. The van der Waals surface area contributed by atoms with Crippen molar-refractivity contribution in [2.24, 2.45) is 5.73 Å². The van der Waals surface area contributed by atoms with Crippen molar-refractivity contribution in [3.05, 3.63) is 35.1 Å². The van der Waals surface area contributed by atoms with Gasteiger partial charge in [-0.2, -0.15) is 13.2 Å². The van der Waals surface area contributed by atoms with Gasteiger partial charge in [0.1, 0.15) is 5.82 Å². The molecular formula is C12H14ClF4NO2. The van der Waals surface area contributed by atoms with Gasteiger partial charge in [0.05, 0.1) is 18.6 Å². The molecule has 0 amide bonds. The van der Waals surface area contributed by atoms with Crippen LogP contribution in [0.2, 0.25) is 0 Å². The van der Waals surface area contributed by atoms with E-state index in [0.29, 0.717) is 6.07 Å². The molecule has 20 heavy (non-hydrogen) atoms. The van der Waals surface area contributed by atoms with Gasteiger partial charge < -0.3 is 10.5 Å². The molecule has 1 aromatic carbocycles. The maximum absolute atomic E-state index is 13.5. The molecule has 0 saturated heterocycles. The minimum Gasteiger partial charge on any atom is -0.466 e. The Bertz CT molecular complexity index is 465. The lowest BCUT2D eigenvalue weighted by Crippen LogP contribution is -2.19. The third-order valence-corrected chi connectivity index (χ3v) is 2.42. The highest BCUT2D eigenvalue weighted by Crippen LogP contribution is 2.31. The molecule has 0 unspecified atom stereocenters. The van der Waals surface area contributed by atoms with Gasteiger partial charge in [-0.25, -0.2) is 4.39 Å². The zero-order valence-corrected chi connectivity index (χ0v) is 11.4. The van der Waals surface area contributed by atoms with E-state index < -0.39 is 29.6 Å². The van der Waals surface area contributed by atoms with Crippen molar-refractivity contribution >= 4 is 18.4 Å². The van der Waals surface area contributed by atoms with Gasteiger partial charge in [-0.05, 0) is 19.1 Å². The number of ether oxygens (including phenoxy) is 1. The number of alkyl halides is 3. The Hall–Kier alpha value is -1.34. The Balaban J connectivity index is 0.00000361. The average Bonchev–Trinajstić information content (AvgIpc) is 2.27. The summed E-state index contributed by atoms with van der Waals surface area (Å²) in [6.45, 7) is 1.75. The fourth-order valence-electron chi connectivity index (χ4n) is 1.51. The molecule has 1 rings (SSSR count). The highest BCUT2D eigenvalue weighted by molar-refractivity contribution is 5.85. The number of esters is 1. The second-order valence-corrected chi connectivity index (χ2v) is 3.85. The maximum atomic E-state index is 13.5. The van der Waals surface area contributed by atoms with E-state index in [9.17, 15) is 22.4 Å². The summed E-state index contributed by atoms with van der Waals surface area (Å²) in [5.74, 6) is -1.72. The highest BCUT2D eigenvalue weighted by Gasteiger charge is 2.31. The van der Waals surface area contributed by atoms with Crippen molar-refractivity contribution < 1.29 is 27.1 Å². The largest absolute Gasteiger partial charge is 0.466 e. The second-order valence-electron chi connectivity index (χ2n) is 3.85. The van der Waals surface area contributed by atoms with Gasteiger partial charge in [0.2, 0.25) is 0 Å². The van der Waals surface area contributed by atoms with Gasteiger partial charge in [0.15, 0.2) is 0 Å². The lowest BCUT2D eigenvalue weighted by atomic mass is 10.0. The van der Waals surface area contributed by atoms with Crippen molar-refractivity contribution in [3.63, 3.8) is 0 Å². The van der Waals surface area contributed by atoms with Gasteiger partial charge in [-0.1, -0.05) is 6.07 Å². The smallest absolute Gasteiger partial charge is 0.416 e. The summed E-state index contributed by atoms with van der Waals surface area (Å²) < 4.78 is 55.2. The zero-order chi connectivity index (χ0) is 14.6. The van der Waals surface area contributed by atoms with Gasteiger partial charge in [0, 0.05) is 11.6 Å². The first-order valence-corrected chi connectivity index (χ1v) is 5.53. The van der Waals surface area contributed by atoms with Crippen molar-refractivity contribution in [1.82, 2.24) is 0 Å². The Kier molecular flexibility index (Phi) is 6.95. The van der Waals surface area contributed by atoms with Crippen LogP contribution in [-0.2, 0) is 15.7 Å². The molecule has 3 nitrogen and oxygen atoms in total. The van der Waals surface area contributed by atoms with Gasteiger partial charge >= 0.3 is 12.1 Å². The van der Waals surface area contributed by atoms with Crippen LogP contribution in [-0.4, -0.2) is 12.6 Å². The van der Waals surface area contributed by atoms with Crippen LogP contribution in [0, 0.1) is 5.82 Å². The number of halogens is 5. The zero-order valence-electron chi connectivity index (χ0n) is 10.5. The van der Waals surface area contributed by atoms with E-state index in [1.54, 1.807) is 6.92 Å². The predicted molar refractivity (Wildman–Crippen MR) is 66.8 cm³/mol. The maximum Gasteiger partial charge on any atom is 0.416 e. The topological polar surface area (TPSA) is 52.3 Å². The molecule has 0 heterocycles. The van der Waals surface area contributed by atoms with E-state index in [4.69, 9.17) is 5.73 Å². The first kappa shape index (κ1) is 18.7. The summed E-state index contributed by atoms with van der Waals surface area (Å²) in [7, 11) is 0. The molecule has 0 aliphatic carbocycles. The monoisotopic (exact) mass is 315 g/mol. The number of hydrogen-bond donors (Lipinski definition) is 1. The molecule has 1 atom stereocenters. The Morgan fingerprint density at radius 3 is 2.45 bits per heavy atom. The van der Waals surface area contributed by atoms with Crippen LogP contribution in [0.3, 0.4) is 0 Å². The molecule has 0 aromatic heterocycles. The van der Waals surface area contributed by atoms with Crippen LogP contribution in [0.4, 0.5) is 17.6 Å². The van der Waals surface area contributed by atoms with Gasteiger partial charge in [-0.15, -0.1) is 12.4 Å². The normalized spacial score (nSPS) is 12.5. The van der Waals surface area contributed by atoms with Crippen LogP contribution >= 0.6 is 12.4 Å². The number of hydrogen-bond acceptors (Lipinski definition) is 3. The van der Waals surface area contributed by atoms with Crippen molar-refractivity contribution in [1.29, 1.82) is 0 Å². The molecule has 8 heteroatoms. The third-order valence-electron chi connectivity index (χ3n) is 2.42. The minimum atomic E-state index is -4.62. The first-order valence-electron chi connectivity index (χ1n) is 5.53. The molecule has 0 radical (unpaired) electrons. The number of carbonyl (C=O) groups is 1. The molecule has 114 valence electrons. The van der Waals surface area contributed by atoms with E-state index in [-0.39, 0.29) is 31.0 Å². The molecule has 1 aromatic rings. The quantitative estimate of drug-likeness (QED) is 0.685. The Labute approximate surface area is 119 Å². The fourth-order valence-corrected chi connectivity index (χ4v) is 1.51. The molecule has 0 aliphatic rings. The van der Waals surface area contributed by atoms with Gasteiger partial charge in [0.25, 0.3) is 0 Å². The van der Waals surface area contributed by atoms with Crippen LogP contribution in [0.15, 0.2) is 18.2 Å². The van der Waals surface area contributed by atoms with Crippen LogP contribution in [0.5, 0.6) is 0 Å². The summed E-state index contributed by atoms with van der Waals surface area (Å²) in [4.78, 5) is 11.2. The SMILES string of the molecule is CCOC(=O)C[C@H](N)c1ccc(C(F)(F)F)cc1F.Cl. The van der Waals surface area contributed by atoms with Crippen LogP contribution in [0.1, 0.15) is 30.5 Å². The fraction of sp³-hybridized carbons (Fsp3) is 0.417. The molecule has 0 spiro atoms. The molecule has 2 N–H and O–H groups in total. The minimum absolute atomic E-state index is 0. The lowest BCUT2D eigenvalue weighted by Gasteiger charge is -2.14. The molecule has 0 fully saturated rings. The van der Waals surface area contributed by atoms with E-state index in [1.807, 2.05) is 0 Å². The van der Waals surface area contributed by atoms with E-state index in [0.717, 1.165) is 12.1 Å².